The molecule has 38 heavy (non-hydrogen) atoms. The maximum atomic E-state index is 13.4. The number of benzene rings is 3. The van der Waals surface area contributed by atoms with Crippen LogP contribution in [0.4, 0.5) is 0 Å². The van der Waals surface area contributed by atoms with Crippen LogP contribution in [0.3, 0.4) is 0 Å². The molecule has 0 fully saturated rings. The summed E-state index contributed by atoms with van der Waals surface area (Å²) in [4.78, 5) is 26.0. The van der Waals surface area contributed by atoms with Crippen molar-refractivity contribution in [1.82, 2.24) is 24.5 Å². The van der Waals surface area contributed by atoms with Crippen LogP contribution in [-0.4, -0.2) is 38.2 Å². The Morgan fingerprint density at radius 3 is 2.45 bits per heavy atom. The summed E-state index contributed by atoms with van der Waals surface area (Å²) in [6.45, 7) is 3.45. The molecule has 5 aromatic rings. The van der Waals surface area contributed by atoms with E-state index < -0.39 is 0 Å². The Hall–Kier alpha value is -4.17. The molecular weight excluding hydrogens is 502 g/mol. The number of ether oxygens (including phenoxy) is 1. The van der Waals surface area contributed by atoms with E-state index in [0.29, 0.717) is 48.1 Å². The van der Waals surface area contributed by atoms with Crippen LogP contribution in [0, 0.1) is 0 Å². The SMILES string of the molecule is CCOc1ccc(CCNC(=O)CCc2nnc3n(Cc4ccc(Cl)cc4)c(=O)c4ccccc4n23)cc1. The molecule has 9 heteroatoms. The fourth-order valence-corrected chi connectivity index (χ4v) is 4.60. The number of halogens is 1. The first-order chi connectivity index (χ1) is 18.5. The number of para-hydroxylation sites is 1. The Labute approximate surface area is 224 Å². The molecule has 2 heterocycles. The third-order valence-corrected chi connectivity index (χ3v) is 6.63. The lowest BCUT2D eigenvalue weighted by molar-refractivity contribution is -0.121. The predicted molar refractivity (Wildman–Crippen MR) is 148 cm³/mol. The smallest absolute Gasteiger partial charge is 0.263 e. The molecule has 2 aromatic heterocycles. The second kappa shape index (κ2) is 11.5. The molecule has 0 spiro atoms. The van der Waals surface area contributed by atoms with Crippen molar-refractivity contribution in [3.05, 3.63) is 105 Å². The summed E-state index contributed by atoms with van der Waals surface area (Å²) in [5, 5.41) is 12.9. The first-order valence-corrected chi connectivity index (χ1v) is 13.0. The fraction of sp³-hybridized carbons (Fsp3) is 0.241. The molecule has 0 bridgehead atoms. The number of amides is 1. The van der Waals surface area contributed by atoms with E-state index in [1.165, 1.54) is 0 Å². The van der Waals surface area contributed by atoms with E-state index >= 15 is 0 Å². The van der Waals surface area contributed by atoms with E-state index in [1.54, 1.807) is 22.8 Å². The molecule has 8 nitrogen and oxygen atoms in total. The molecule has 5 rings (SSSR count). The largest absolute Gasteiger partial charge is 0.494 e. The van der Waals surface area contributed by atoms with Crippen molar-refractivity contribution in [1.29, 1.82) is 0 Å². The Morgan fingerprint density at radius 2 is 1.68 bits per heavy atom. The second-order valence-corrected chi connectivity index (χ2v) is 9.40. The van der Waals surface area contributed by atoms with E-state index in [4.69, 9.17) is 16.3 Å². The van der Waals surface area contributed by atoms with Gasteiger partial charge in [-0.3, -0.25) is 18.6 Å². The summed E-state index contributed by atoms with van der Waals surface area (Å²) in [5.74, 6) is 1.84. The van der Waals surface area contributed by atoms with Gasteiger partial charge in [0.15, 0.2) is 0 Å². The van der Waals surface area contributed by atoms with Gasteiger partial charge in [0, 0.05) is 24.4 Å². The molecule has 0 saturated heterocycles. The van der Waals surface area contributed by atoms with Crippen molar-refractivity contribution < 1.29 is 9.53 Å². The number of nitrogens with one attached hydrogen (secondary N) is 1. The predicted octanol–water partition coefficient (Wildman–Crippen LogP) is 4.44. The van der Waals surface area contributed by atoms with Crippen LogP contribution < -0.4 is 15.6 Å². The van der Waals surface area contributed by atoms with Gasteiger partial charge in [0.1, 0.15) is 11.6 Å². The highest BCUT2D eigenvalue weighted by Gasteiger charge is 2.17. The minimum Gasteiger partial charge on any atom is -0.494 e. The van der Waals surface area contributed by atoms with Crippen molar-refractivity contribution in [2.75, 3.05) is 13.2 Å². The normalized spacial score (nSPS) is 11.2. The van der Waals surface area contributed by atoms with Gasteiger partial charge in [-0.2, -0.15) is 0 Å². The van der Waals surface area contributed by atoms with Gasteiger partial charge in [-0.1, -0.05) is 48.0 Å². The summed E-state index contributed by atoms with van der Waals surface area (Å²) in [6, 6.07) is 22.6. The number of nitrogens with zero attached hydrogens (tertiary/aromatic N) is 4. The van der Waals surface area contributed by atoms with Gasteiger partial charge in [0.2, 0.25) is 11.7 Å². The number of carbonyl (C=O) groups is 1. The van der Waals surface area contributed by atoms with Crippen LogP contribution in [0.25, 0.3) is 16.7 Å². The molecule has 0 saturated carbocycles. The molecular formula is C29H28ClN5O3. The molecule has 0 aliphatic heterocycles. The molecule has 0 unspecified atom stereocenters. The van der Waals surface area contributed by atoms with E-state index in [9.17, 15) is 9.59 Å². The van der Waals surface area contributed by atoms with Crippen LogP contribution in [0.1, 0.15) is 30.3 Å². The third kappa shape index (κ3) is 5.55. The molecule has 0 aliphatic carbocycles. The number of hydrogen-bond acceptors (Lipinski definition) is 5. The quantitative estimate of drug-likeness (QED) is 0.289. The van der Waals surface area contributed by atoms with Crippen molar-refractivity contribution in [3.8, 4) is 5.75 Å². The highest BCUT2D eigenvalue weighted by atomic mass is 35.5. The van der Waals surface area contributed by atoms with Crippen LogP contribution >= 0.6 is 11.6 Å². The van der Waals surface area contributed by atoms with Crippen LogP contribution in [0.15, 0.2) is 77.6 Å². The number of hydrogen-bond donors (Lipinski definition) is 1. The number of aromatic nitrogens is 4. The van der Waals surface area contributed by atoms with Gasteiger partial charge in [-0.15, -0.1) is 10.2 Å². The number of carbonyl (C=O) groups excluding carboxylic acids is 1. The van der Waals surface area contributed by atoms with Crippen LogP contribution in [-0.2, 0) is 24.2 Å². The third-order valence-electron chi connectivity index (χ3n) is 6.37. The van der Waals surface area contributed by atoms with E-state index in [1.807, 2.05) is 65.9 Å². The van der Waals surface area contributed by atoms with E-state index in [-0.39, 0.29) is 17.9 Å². The second-order valence-electron chi connectivity index (χ2n) is 8.96. The summed E-state index contributed by atoms with van der Waals surface area (Å²) in [7, 11) is 0. The van der Waals surface area contributed by atoms with Gasteiger partial charge >= 0.3 is 0 Å². The zero-order valence-electron chi connectivity index (χ0n) is 21.1. The molecule has 1 amide bonds. The minimum absolute atomic E-state index is 0.0634. The highest BCUT2D eigenvalue weighted by molar-refractivity contribution is 6.30. The van der Waals surface area contributed by atoms with Gasteiger partial charge in [0.05, 0.1) is 24.1 Å². The maximum Gasteiger partial charge on any atom is 0.263 e. The molecule has 3 aromatic carbocycles. The van der Waals surface area contributed by atoms with Crippen molar-refractivity contribution in [2.24, 2.45) is 0 Å². The first-order valence-electron chi connectivity index (χ1n) is 12.6. The van der Waals surface area contributed by atoms with Crippen LogP contribution in [0.5, 0.6) is 5.75 Å². The van der Waals surface area contributed by atoms with Crippen molar-refractivity contribution in [2.45, 2.75) is 32.7 Å². The zero-order chi connectivity index (χ0) is 26.5. The summed E-state index contributed by atoms with van der Waals surface area (Å²) >= 11 is 6.03. The lowest BCUT2D eigenvalue weighted by Crippen LogP contribution is -2.26. The maximum absolute atomic E-state index is 13.4. The van der Waals surface area contributed by atoms with Gasteiger partial charge in [-0.25, -0.2) is 0 Å². The first kappa shape index (κ1) is 25.5. The van der Waals surface area contributed by atoms with Crippen LogP contribution in [0.2, 0.25) is 5.02 Å². The minimum atomic E-state index is -0.144. The summed E-state index contributed by atoms with van der Waals surface area (Å²) in [5.41, 5.74) is 2.62. The van der Waals surface area contributed by atoms with Gasteiger partial charge in [0.25, 0.3) is 5.56 Å². The molecule has 0 atom stereocenters. The van der Waals surface area contributed by atoms with Gasteiger partial charge in [-0.05, 0) is 60.9 Å². The summed E-state index contributed by atoms with van der Waals surface area (Å²) in [6.07, 6.45) is 1.38. The highest BCUT2D eigenvalue weighted by Crippen LogP contribution is 2.18. The lowest BCUT2D eigenvalue weighted by Gasteiger charge is -2.12. The molecule has 194 valence electrons. The zero-order valence-corrected chi connectivity index (χ0v) is 21.8. The lowest BCUT2D eigenvalue weighted by atomic mass is 10.1. The average molecular weight is 530 g/mol. The molecule has 1 N–H and O–H groups in total. The molecule has 0 radical (unpaired) electrons. The van der Waals surface area contributed by atoms with E-state index in [2.05, 4.69) is 15.5 Å². The Balaban J connectivity index is 1.31. The standard InChI is InChI=1S/C29H28ClN5O3/c1-2-38-23-13-9-20(10-14-23)17-18-31-27(36)16-15-26-32-33-29-34(19-21-7-11-22(30)12-8-21)28(37)24-5-3-4-6-25(24)35(26)29/h3-14H,2,15-19H2,1H3,(H,31,36). The topological polar surface area (TPSA) is 90.5 Å². The Bertz CT molecular complexity index is 1630. The van der Waals surface area contributed by atoms with Crippen molar-refractivity contribution >= 4 is 34.2 Å². The van der Waals surface area contributed by atoms with Crippen molar-refractivity contribution in [3.63, 3.8) is 0 Å². The van der Waals surface area contributed by atoms with E-state index in [0.717, 1.165) is 28.8 Å². The monoisotopic (exact) mass is 529 g/mol. The Morgan fingerprint density at radius 1 is 0.947 bits per heavy atom. The number of fused-ring (bicyclic) bond motifs is 3. The number of rotatable bonds is 10. The Kier molecular flexibility index (Phi) is 7.70. The molecule has 0 aliphatic rings. The number of aryl methyl sites for hydroxylation is 1. The fourth-order valence-electron chi connectivity index (χ4n) is 4.47. The average Bonchev–Trinajstić information content (AvgIpc) is 3.36. The van der Waals surface area contributed by atoms with Gasteiger partial charge < -0.3 is 10.1 Å². The summed E-state index contributed by atoms with van der Waals surface area (Å²) < 4.78 is 8.95.